The number of rotatable bonds is 3. The van der Waals surface area contributed by atoms with Crippen molar-refractivity contribution in [1.29, 1.82) is 0 Å². The zero-order chi connectivity index (χ0) is 18.6. The largest absolute Gasteiger partial charge is 0.338 e. The number of nitrogens with zero attached hydrogens (tertiary/aromatic N) is 3. The van der Waals surface area contributed by atoms with Crippen molar-refractivity contribution in [1.82, 2.24) is 14.8 Å². The molecule has 0 bridgehead atoms. The summed E-state index contributed by atoms with van der Waals surface area (Å²) in [6, 6.07) is 17.6. The maximum atomic E-state index is 12.5. The van der Waals surface area contributed by atoms with Gasteiger partial charge in [-0.15, -0.1) is 0 Å². The molecule has 0 aliphatic carbocycles. The van der Waals surface area contributed by atoms with Gasteiger partial charge in [0.25, 0.3) is 0 Å². The van der Waals surface area contributed by atoms with Gasteiger partial charge in [-0.05, 0) is 43.5 Å². The van der Waals surface area contributed by atoms with Gasteiger partial charge >= 0.3 is 0 Å². The van der Waals surface area contributed by atoms with Crippen molar-refractivity contribution in [3.05, 3.63) is 66.0 Å². The lowest BCUT2D eigenvalue weighted by Gasteiger charge is -2.49. The molecule has 2 aliphatic rings. The number of benzene rings is 1. The summed E-state index contributed by atoms with van der Waals surface area (Å²) in [5.41, 5.74) is 2.49. The third-order valence-corrected chi connectivity index (χ3v) is 6.24. The third-order valence-electron chi connectivity index (χ3n) is 6.24. The Bertz CT molecular complexity index is 749. The van der Waals surface area contributed by atoms with Crippen molar-refractivity contribution < 1.29 is 4.79 Å². The van der Waals surface area contributed by atoms with Crippen LogP contribution in [0.4, 0.5) is 0 Å². The van der Waals surface area contributed by atoms with Crippen LogP contribution in [0, 0.1) is 0 Å². The van der Waals surface area contributed by atoms with Gasteiger partial charge in [0.15, 0.2) is 0 Å². The van der Waals surface area contributed by atoms with Crippen LogP contribution in [-0.2, 0) is 11.3 Å². The average Bonchev–Trinajstić information content (AvgIpc) is 2.93. The molecular weight excluding hydrogens is 334 g/mol. The molecule has 27 heavy (non-hydrogen) atoms. The van der Waals surface area contributed by atoms with E-state index in [9.17, 15) is 4.79 Å². The van der Waals surface area contributed by atoms with E-state index in [0.717, 1.165) is 44.6 Å². The summed E-state index contributed by atoms with van der Waals surface area (Å²) in [5.74, 6) is 0.630. The van der Waals surface area contributed by atoms with Gasteiger partial charge in [-0.25, -0.2) is 0 Å². The SMILES string of the molecule is CC(=O)N1CCCC[C@@H]2[C@H]1[C@@H](c1ccccc1)CCN2Cc1ccccn1. The molecule has 1 aromatic carbocycles. The lowest BCUT2D eigenvalue weighted by atomic mass is 9.78. The van der Waals surface area contributed by atoms with Crippen molar-refractivity contribution in [2.24, 2.45) is 0 Å². The van der Waals surface area contributed by atoms with Crippen LogP contribution >= 0.6 is 0 Å². The highest BCUT2D eigenvalue weighted by atomic mass is 16.2. The molecule has 0 radical (unpaired) electrons. The Balaban J connectivity index is 1.67. The molecule has 3 atom stereocenters. The predicted octanol–water partition coefficient (Wildman–Crippen LogP) is 3.84. The summed E-state index contributed by atoms with van der Waals surface area (Å²) in [6.07, 6.45) is 6.40. The van der Waals surface area contributed by atoms with E-state index in [0.29, 0.717) is 12.0 Å². The minimum Gasteiger partial charge on any atom is -0.338 e. The molecule has 2 saturated heterocycles. The number of piperidine rings is 1. The van der Waals surface area contributed by atoms with E-state index in [1.165, 1.54) is 12.0 Å². The van der Waals surface area contributed by atoms with Gasteiger partial charge in [0.2, 0.25) is 5.91 Å². The Morgan fingerprint density at radius 1 is 1.04 bits per heavy atom. The summed E-state index contributed by atoms with van der Waals surface area (Å²) in [7, 11) is 0. The number of aromatic nitrogens is 1. The van der Waals surface area contributed by atoms with E-state index in [-0.39, 0.29) is 11.9 Å². The summed E-state index contributed by atoms with van der Waals surface area (Å²) in [6.45, 7) is 4.55. The minimum absolute atomic E-state index is 0.215. The summed E-state index contributed by atoms with van der Waals surface area (Å²) >= 11 is 0. The standard InChI is InChI=1S/C23H29N3O/c1-18(27)26-15-8-6-12-22-23(26)21(19-9-3-2-4-10-19)13-16-25(22)17-20-11-5-7-14-24-20/h2-5,7,9-11,14,21-23H,6,8,12-13,15-17H2,1H3/t21-,22-,23-/m1/s1. The highest BCUT2D eigenvalue weighted by molar-refractivity contribution is 5.74. The van der Waals surface area contributed by atoms with E-state index in [1.807, 2.05) is 12.3 Å². The molecule has 4 heteroatoms. The molecule has 1 aromatic heterocycles. The molecule has 4 rings (SSSR count). The van der Waals surface area contributed by atoms with E-state index in [1.54, 1.807) is 6.92 Å². The van der Waals surface area contributed by atoms with Crippen LogP contribution in [-0.4, -0.2) is 45.9 Å². The van der Waals surface area contributed by atoms with Crippen LogP contribution in [0.2, 0.25) is 0 Å². The molecule has 2 aromatic rings. The Kier molecular flexibility index (Phi) is 5.53. The normalized spacial score (nSPS) is 26.3. The monoisotopic (exact) mass is 363 g/mol. The zero-order valence-corrected chi connectivity index (χ0v) is 16.1. The molecule has 1 amide bonds. The first-order valence-corrected chi connectivity index (χ1v) is 10.2. The molecule has 3 heterocycles. The van der Waals surface area contributed by atoms with Crippen LogP contribution < -0.4 is 0 Å². The van der Waals surface area contributed by atoms with Gasteiger partial charge < -0.3 is 4.90 Å². The van der Waals surface area contributed by atoms with Crippen LogP contribution in [0.1, 0.15) is 49.8 Å². The minimum atomic E-state index is 0.215. The van der Waals surface area contributed by atoms with Crippen molar-refractivity contribution >= 4 is 5.91 Å². The zero-order valence-electron chi connectivity index (χ0n) is 16.1. The molecule has 142 valence electrons. The maximum Gasteiger partial charge on any atom is 0.219 e. The van der Waals surface area contributed by atoms with Gasteiger partial charge in [-0.2, -0.15) is 0 Å². The Hall–Kier alpha value is -2.20. The smallest absolute Gasteiger partial charge is 0.219 e. The van der Waals surface area contributed by atoms with Gasteiger partial charge in [0.1, 0.15) is 0 Å². The first-order valence-electron chi connectivity index (χ1n) is 10.2. The second-order valence-electron chi connectivity index (χ2n) is 7.86. The topological polar surface area (TPSA) is 36.4 Å². The third kappa shape index (κ3) is 3.91. The van der Waals surface area contributed by atoms with Gasteiger partial charge in [-0.1, -0.05) is 42.8 Å². The second-order valence-corrected chi connectivity index (χ2v) is 7.86. The molecule has 2 fully saturated rings. The van der Waals surface area contributed by atoms with Crippen LogP contribution in [0.3, 0.4) is 0 Å². The van der Waals surface area contributed by atoms with Crippen molar-refractivity contribution in [2.45, 2.75) is 57.2 Å². The Labute approximate surface area is 162 Å². The summed E-state index contributed by atoms with van der Waals surface area (Å²) < 4.78 is 0. The number of carbonyl (C=O) groups excluding carboxylic acids is 1. The number of hydrogen-bond donors (Lipinski definition) is 0. The summed E-state index contributed by atoms with van der Waals surface area (Å²) in [5, 5.41) is 0. The quantitative estimate of drug-likeness (QED) is 0.831. The molecule has 0 spiro atoms. The molecule has 4 nitrogen and oxygen atoms in total. The lowest BCUT2D eigenvalue weighted by Crippen LogP contribution is -2.58. The number of amides is 1. The van der Waals surface area contributed by atoms with Gasteiger partial charge in [0.05, 0.1) is 11.7 Å². The van der Waals surface area contributed by atoms with Crippen molar-refractivity contribution in [3.63, 3.8) is 0 Å². The Morgan fingerprint density at radius 2 is 1.85 bits per heavy atom. The molecule has 2 aliphatic heterocycles. The van der Waals surface area contributed by atoms with Gasteiger partial charge in [0, 0.05) is 38.2 Å². The van der Waals surface area contributed by atoms with Crippen LogP contribution in [0.15, 0.2) is 54.7 Å². The van der Waals surface area contributed by atoms with Crippen molar-refractivity contribution in [2.75, 3.05) is 13.1 Å². The number of likely N-dealkylation sites (tertiary alicyclic amines) is 2. The Morgan fingerprint density at radius 3 is 2.59 bits per heavy atom. The maximum absolute atomic E-state index is 12.5. The highest BCUT2D eigenvalue weighted by Gasteiger charge is 2.43. The fraction of sp³-hybridized carbons (Fsp3) is 0.478. The highest BCUT2D eigenvalue weighted by Crippen LogP contribution is 2.39. The van der Waals surface area contributed by atoms with Gasteiger partial charge in [-0.3, -0.25) is 14.7 Å². The average molecular weight is 364 g/mol. The van der Waals surface area contributed by atoms with Crippen LogP contribution in [0.5, 0.6) is 0 Å². The molecule has 0 saturated carbocycles. The first-order chi connectivity index (χ1) is 13.2. The van der Waals surface area contributed by atoms with E-state index >= 15 is 0 Å². The molecule has 0 N–H and O–H groups in total. The fourth-order valence-electron chi connectivity index (χ4n) is 5.02. The van der Waals surface area contributed by atoms with E-state index in [4.69, 9.17) is 0 Å². The van der Waals surface area contributed by atoms with E-state index < -0.39 is 0 Å². The van der Waals surface area contributed by atoms with Crippen molar-refractivity contribution in [3.8, 4) is 0 Å². The van der Waals surface area contributed by atoms with E-state index in [2.05, 4.69) is 57.2 Å². The predicted molar refractivity (Wildman–Crippen MR) is 107 cm³/mol. The molecule has 0 unspecified atom stereocenters. The van der Waals surface area contributed by atoms with Crippen LogP contribution in [0.25, 0.3) is 0 Å². The number of pyridine rings is 1. The summed E-state index contributed by atoms with van der Waals surface area (Å²) in [4.78, 5) is 21.8. The number of hydrogen-bond acceptors (Lipinski definition) is 3. The lowest BCUT2D eigenvalue weighted by molar-refractivity contribution is -0.134. The number of fused-ring (bicyclic) bond motifs is 1. The first kappa shape index (κ1) is 18.2. The molecular formula is C23H29N3O. The second kappa shape index (κ2) is 8.22. The fourth-order valence-corrected chi connectivity index (χ4v) is 5.02. The number of carbonyl (C=O) groups is 1.